The lowest BCUT2D eigenvalue weighted by Crippen LogP contribution is -2.08. The molecule has 0 bridgehead atoms. The van der Waals surface area contributed by atoms with Crippen LogP contribution in [0.1, 0.15) is 34.8 Å². The van der Waals surface area contributed by atoms with Crippen LogP contribution in [0.2, 0.25) is 0 Å². The molecule has 44 heavy (non-hydrogen) atoms. The molecule has 0 aliphatic heterocycles. The number of ether oxygens (including phenoxy) is 2. The first-order valence-corrected chi connectivity index (χ1v) is 15.2. The van der Waals surface area contributed by atoms with Crippen LogP contribution in [0.5, 0.6) is 11.5 Å². The van der Waals surface area contributed by atoms with Gasteiger partial charge in [-0.2, -0.15) is 0 Å². The number of hydrogen-bond acceptors (Lipinski definition) is 5. The summed E-state index contributed by atoms with van der Waals surface area (Å²) in [6.45, 7) is 1.01. The summed E-state index contributed by atoms with van der Waals surface area (Å²) in [5, 5.41) is 19.5. The molecule has 0 saturated carbocycles. The lowest BCUT2D eigenvalue weighted by Gasteiger charge is -2.11. The monoisotopic (exact) mass is 607 g/mol. The molecule has 8 heteroatoms. The zero-order chi connectivity index (χ0) is 30.7. The standard InChI is InChI=1S/C36H33NO6S/c38-33(39)25-37-24-32(44-35(36(40)41)28-10-3-1-4-11-28)31-15-9-12-27(34(31)37)19-16-26-17-20-30(21-18-26)43-23-8-7-22-42-29-13-5-2-6-14-29/h1-6,9-21,24,35H,7-8,22-23,25H2,(H,38,39)(H,40,41). The van der Waals surface area contributed by atoms with Gasteiger partial charge in [-0.3, -0.25) is 9.59 Å². The number of aliphatic carboxylic acids is 2. The van der Waals surface area contributed by atoms with Gasteiger partial charge in [0.1, 0.15) is 23.3 Å². The lowest BCUT2D eigenvalue weighted by atomic mass is 10.1. The van der Waals surface area contributed by atoms with Crippen molar-refractivity contribution < 1.29 is 29.3 Å². The largest absolute Gasteiger partial charge is 0.494 e. The van der Waals surface area contributed by atoms with Crippen molar-refractivity contribution in [1.82, 2.24) is 4.57 Å². The topological polar surface area (TPSA) is 98.0 Å². The van der Waals surface area contributed by atoms with Crippen LogP contribution in [-0.4, -0.2) is 39.9 Å². The van der Waals surface area contributed by atoms with Gasteiger partial charge in [0.15, 0.2) is 0 Å². The number of nitrogens with zero attached hydrogens (tertiary/aromatic N) is 1. The van der Waals surface area contributed by atoms with Gasteiger partial charge in [0.2, 0.25) is 0 Å². The third-order valence-electron chi connectivity index (χ3n) is 6.92. The summed E-state index contributed by atoms with van der Waals surface area (Å²) in [6.07, 6.45) is 7.43. The van der Waals surface area contributed by atoms with E-state index in [1.807, 2.05) is 103 Å². The second kappa shape index (κ2) is 15.0. The minimum atomic E-state index is -0.977. The highest BCUT2D eigenvalue weighted by molar-refractivity contribution is 8.00. The van der Waals surface area contributed by atoms with Crippen molar-refractivity contribution in [3.8, 4) is 11.5 Å². The average molecular weight is 608 g/mol. The molecule has 0 aliphatic carbocycles. The molecule has 224 valence electrons. The SMILES string of the molecule is O=C(O)Cn1cc(SC(C(=O)O)c2ccccc2)c2cccc(C=Cc3ccc(OCCCCOc4ccccc4)cc3)c21. The molecule has 2 N–H and O–H groups in total. The molecule has 1 unspecified atom stereocenters. The van der Waals surface area contributed by atoms with Gasteiger partial charge >= 0.3 is 11.9 Å². The van der Waals surface area contributed by atoms with Crippen LogP contribution >= 0.6 is 11.8 Å². The van der Waals surface area contributed by atoms with Crippen LogP contribution in [0.3, 0.4) is 0 Å². The van der Waals surface area contributed by atoms with Crippen LogP contribution in [0.15, 0.2) is 114 Å². The second-order valence-electron chi connectivity index (χ2n) is 10.1. The fourth-order valence-corrected chi connectivity index (χ4v) is 5.96. The number of rotatable bonds is 15. The number of benzene rings is 4. The number of thioether (sulfide) groups is 1. The van der Waals surface area contributed by atoms with Crippen molar-refractivity contribution in [2.24, 2.45) is 0 Å². The third kappa shape index (κ3) is 8.11. The van der Waals surface area contributed by atoms with Crippen molar-refractivity contribution in [2.75, 3.05) is 13.2 Å². The van der Waals surface area contributed by atoms with Gasteiger partial charge in [-0.1, -0.05) is 91.0 Å². The predicted octanol–water partition coefficient (Wildman–Crippen LogP) is 8.05. The summed E-state index contributed by atoms with van der Waals surface area (Å²) >= 11 is 1.20. The van der Waals surface area contributed by atoms with Gasteiger partial charge in [0.05, 0.1) is 18.7 Å². The number of unbranched alkanes of at least 4 members (excludes halogenated alkanes) is 1. The van der Waals surface area contributed by atoms with Crippen LogP contribution in [0.25, 0.3) is 23.1 Å². The molecule has 0 aliphatic rings. The highest BCUT2D eigenvalue weighted by atomic mass is 32.2. The molecule has 7 nitrogen and oxygen atoms in total. The van der Waals surface area contributed by atoms with Crippen molar-refractivity contribution in [1.29, 1.82) is 0 Å². The molecular weight excluding hydrogens is 574 g/mol. The van der Waals surface area contributed by atoms with Gasteiger partial charge in [-0.25, -0.2) is 0 Å². The second-order valence-corrected chi connectivity index (χ2v) is 11.3. The van der Waals surface area contributed by atoms with E-state index in [4.69, 9.17) is 9.47 Å². The van der Waals surface area contributed by atoms with Gasteiger partial charge in [-0.15, -0.1) is 11.8 Å². The van der Waals surface area contributed by atoms with E-state index in [-0.39, 0.29) is 6.54 Å². The van der Waals surface area contributed by atoms with Crippen LogP contribution < -0.4 is 9.47 Å². The molecule has 0 amide bonds. The summed E-state index contributed by atoms with van der Waals surface area (Å²) in [7, 11) is 0. The zero-order valence-electron chi connectivity index (χ0n) is 24.0. The van der Waals surface area contributed by atoms with E-state index in [2.05, 4.69) is 0 Å². The Morgan fingerprint density at radius 3 is 2.02 bits per heavy atom. The molecule has 0 radical (unpaired) electrons. The molecular formula is C36H33NO6S. The van der Waals surface area contributed by atoms with Crippen molar-refractivity contribution in [2.45, 2.75) is 29.5 Å². The number of para-hydroxylation sites is 2. The smallest absolute Gasteiger partial charge is 0.323 e. The van der Waals surface area contributed by atoms with Crippen molar-refractivity contribution in [3.63, 3.8) is 0 Å². The predicted molar refractivity (Wildman–Crippen MR) is 174 cm³/mol. The minimum Gasteiger partial charge on any atom is -0.494 e. The number of hydrogen-bond donors (Lipinski definition) is 2. The Morgan fingerprint density at radius 1 is 0.750 bits per heavy atom. The summed E-state index contributed by atoms with van der Waals surface area (Å²) in [5.41, 5.74) is 3.21. The first-order valence-electron chi connectivity index (χ1n) is 14.3. The van der Waals surface area contributed by atoms with Gasteiger partial charge < -0.3 is 24.3 Å². The van der Waals surface area contributed by atoms with Gasteiger partial charge in [0.25, 0.3) is 0 Å². The quantitative estimate of drug-likeness (QED) is 0.0706. The Morgan fingerprint density at radius 2 is 1.39 bits per heavy atom. The summed E-state index contributed by atoms with van der Waals surface area (Å²) in [5.74, 6) is -0.274. The fourth-order valence-electron chi connectivity index (χ4n) is 4.83. The number of aromatic nitrogens is 1. The Labute approximate surface area is 260 Å². The number of carbonyl (C=O) groups is 2. The molecule has 4 aromatic carbocycles. The van der Waals surface area contributed by atoms with Crippen LogP contribution in [0, 0.1) is 0 Å². The average Bonchev–Trinajstić information content (AvgIpc) is 3.38. The van der Waals surface area contributed by atoms with E-state index >= 15 is 0 Å². The maximum absolute atomic E-state index is 12.2. The fraction of sp³-hybridized carbons (Fsp3) is 0.167. The Hall–Kier alpha value is -4.95. The third-order valence-corrected chi connectivity index (χ3v) is 8.21. The first kappa shape index (κ1) is 30.5. The van der Waals surface area contributed by atoms with E-state index < -0.39 is 17.2 Å². The van der Waals surface area contributed by atoms with E-state index in [1.165, 1.54) is 11.8 Å². The van der Waals surface area contributed by atoms with E-state index in [0.717, 1.165) is 46.4 Å². The minimum absolute atomic E-state index is 0.241. The molecule has 0 spiro atoms. The molecule has 5 rings (SSSR count). The first-order chi connectivity index (χ1) is 21.5. The van der Waals surface area contributed by atoms with E-state index in [9.17, 15) is 19.8 Å². The maximum atomic E-state index is 12.2. The number of carboxylic acids is 2. The Kier molecular flexibility index (Phi) is 10.4. The van der Waals surface area contributed by atoms with Crippen molar-refractivity contribution in [3.05, 3.63) is 126 Å². The van der Waals surface area contributed by atoms with Crippen molar-refractivity contribution >= 4 is 46.8 Å². The maximum Gasteiger partial charge on any atom is 0.323 e. The summed E-state index contributed by atoms with van der Waals surface area (Å²) in [6, 6.07) is 32.3. The van der Waals surface area contributed by atoms with Crippen LogP contribution in [0.4, 0.5) is 0 Å². The highest BCUT2D eigenvalue weighted by Gasteiger charge is 2.24. The zero-order valence-corrected chi connectivity index (χ0v) is 24.9. The molecule has 0 saturated heterocycles. The number of fused-ring (bicyclic) bond motifs is 1. The molecule has 1 aromatic heterocycles. The molecule has 0 fully saturated rings. The summed E-state index contributed by atoms with van der Waals surface area (Å²) in [4.78, 5) is 24.6. The highest BCUT2D eigenvalue weighted by Crippen LogP contribution is 2.41. The normalized spacial score (nSPS) is 11.9. The lowest BCUT2D eigenvalue weighted by molar-refractivity contribution is -0.138. The number of carboxylic acid groups (broad SMARTS) is 2. The van der Waals surface area contributed by atoms with Crippen LogP contribution in [-0.2, 0) is 16.1 Å². The Bertz CT molecular complexity index is 1710. The molecule has 1 heterocycles. The van der Waals surface area contributed by atoms with Gasteiger partial charge in [0, 0.05) is 16.5 Å². The Balaban J connectivity index is 1.26. The van der Waals surface area contributed by atoms with E-state index in [1.54, 1.807) is 22.9 Å². The molecule has 1 atom stereocenters. The van der Waals surface area contributed by atoms with Gasteiger partial charge in [-0.05, 0) is 53.8 Å². The molecule has 5 aromatic rings. The summed E-state index contributed by atoms with van der Waals surface area (Å²) < 4.78 is 13.3. The van der Waals surface area contributed by atoms with E-state index in [0.29, 0.717) is 23.7 Å².